The third-order valence-corrected chi connectivity index (χ3v) is 4.57. The van der Waals surface area contributed by atoms with Crippen LogP contribution in [0.25, 0.3) is 0 Å². The van der Waals surface area contributed by atoms with Crippen molar-refractivity contribution in [3.05, 3.63) is 0 Å². The van der Waals surface area contributed by atoms with Gasteiger partial charge in [0, 0.05) is 43.1 Å². The van der Waals surface area contributed by atoms with E-state index in [1.807, 2.05) is 11.8 Å². The van der Waals surface area contributed by atoms with Gasteiger partial charge < -0.3 is 15.5 Å². The molecule has 1 aliphatic rings. The summed E-state index contributed by atoms with van der Waals surface area (Å²) in [5.41, 5.74) is 0. The first-order valence-corrected chi connectivity index (χ1v) is 8.38. The number of amides is 1. The highest BCUT2D eigenvalue weighted by atomic mass is 35.5. The zero-order chi connectivity index (χ0) is 14.3. The molecule has 0 aromatic rings. The van der Waals surface area contributed by atoms with Gasteiger partial charge in [-0.15, -0.1) is 24.8 Å². The predicted molar refractivity (Wildman–Crippen MR) is 98.2 cm³/mol. The number of hydrogen-bond acceptors (Lipinski definition) is 4. The second-order valence-electron chi connectivity index (χ2n) is 5.98. The van der Waals surface area contributed by atoms with Crippen LogP contribution >= 0.6 is 36.6 Å². The van der Waals surface area contributed by atoms with E-state index in [-0.39, 0.29) is 30.7 Å². The van der Waals surface area contributed by atoms with E-state index in [2.05, 4.69) is 43.5 Å². The molecule has 1 fully saturated rings. The molecule has 2 atom stereocenters. The van der Waals surface area contributed by atoms with Gasteiger partial charge in [-0.1, -0.05) is 13.8 Å². The van der Waals surface area contributed by atoms with Gasteiger partial charge in [0.05, 0.1) is 0 Å². The van der Waals surface area contributed by atoms with Crippen LogP contribution in [0.4, 0.5) is 0 Å². The van der Waals surface area contributed by atoms with E-state index in [9.17, 15) is 4.79 Å². The topological polar surface area (TPSA) is 44.4 Å². The first-order valence-electron chi connectivity index (χ1n) is 7.23. The normalized spacial score (nSPS) is 19.6. The van der Waals surface area contributed by atoms with Crippen LogP contribution in [0.2, 0.25) is 0 Å². The largest absolute Gasteiger partial charge is 0.354 e. The maximum Gasteiger partial charge on any atom is 0.221 e. The molecule has 0 spiro atoms. The number of hydrogen-bond donors (Lipinski definition) is 2. The van der Waals surface area contributed by atoms with Gasteiger partial charge in [0.15, 0.2) is 0 Å². The summed E-state index contributed by atoms with van der Waals surface area (Å²) in [6.45, 7) is 6.23. The maximum atomic E-state index is 11.9. The van der Waals surface area contributed by atoms with E-state index in [0.29, 0.717) is 24.4 Å². The van der Waals surface area contributed by atoms with Gasteiger partial charge in [-0.05, 0) is 26.4 Å². The molecule has 0 saturated carbocycles. The van der Waals surface area contributed by atoms with Crippen molar-refractivity contribution in [2.24, 2.45) is 5.92 Å². The Morgan fingerprint density at radius 2 is 2.05 bits per heavy atom. The summed E-state index contributed by atoms with van der Waals surface area (Å²) < 4.78 is 0. The van der Waals surface area contributed by atoms with Gasteiger partial charge in [0.25, 0.3) is 0 Å². The molecule has 0 aromatic carbocycles. The molecule has 0 aliphatic carbocycles. The van der Waals surface area contributed by atoms with Crippen LogP contribution in [0.15, 0.2) is 0 Å². The van der Waals surface area contributed by atoms with E-state index >= 15 is 0 Å². The lowest BCUT2D eigenvalue weighted by atomic mass is 10.0. The minimum absolute atomic E-state index is 0. The number of thioether (sulfide) groups is 1. The molecule has 0 bridgehead atoms. The Morgan fingerprint density at radius 3 is 2.52 bits per heavy atom. The number of carbonyl (C=O) groups is 1. The van der Waals surface area contributed by atoms with Crippen LogP contribution < -0.4 is 10.6 Å². The van der Waals surface area contributed by atoms with Gasteiger partial charge in [0.2, 0.25) is 5.91 Å². The van der Waals surface area contributed by atoms with Crippen LogP contribution in [0.3, 0.4) is 0 Å². The molecule has 7 heteroatoms. The molecule has 1 rings (SSSR count). The fourth-order valence-electron chi connectivity index (χ4n) is 2.30. The zero-order valence-electron chi connectivity index (χ0n) is 13.6. The third-order valence-electron chi connectivity index (χ3n) is 3.44. The molecule has 1 amide bonds. The van der Waals surface area contributed by atoms with Crippen LogP contribution in [0.5, 0.6) is 0 Å². The molecule has 128 valence electrons. The quantitative estimate of drug-likeness (QED) is 0.729. The summed E-state index contributed by atoms with van der Waals surface area (Å²) in [5, 5.41) is 6.49. The van der Waals surface area contributed by atoms with Crippen molar-refractivity contribution in [2.75, 3.05) is 38.7 Å². The average molecular weight is 360 g/mol. The number of likely N-dealkylation sites (N-methyl/N-ethyl adjacent to an activating group) is 1. The van der Waals surface area contributed by atoms with Crippen molar-refractivity contribution in [3.8, 4) is 0 Å². The smallest absolute Gasteiger partial charge is 0.221 e. The van der Waals surface area contributed by atoms with E-state index in [1.165, 1.54) is 0 Å². The molecule has 0 aromatic heterocycles. The Balaban J connectivity index is 0. The summed E-state index contributed by atoms with van der Waals surface area (Å²) in [6.07, 6.45) is 1.72. The van der Waals surface area contributed by atoms with Crippen molar-refractivity contribution >= 4 is 42.5 Å². The van der Waals surface area contributed by atoms with Crippen LogP contribution in [0.1, 0.15) is 26.7 Å². The molecular weight excluding hydrogens is 329 g/mol. The lowest BCUT2D eigenvalue weighted by molar-refractivity contribution is -0.121. The monoisotopic (exact) mass is 359 g/mol. The number of rotatable bonds is 7. The molecule has 1 saturated heterocycles. The number of nitrogens with zero attached hydrogens (tertiary/aromatic N) is 1. The minimum atomic E-state index is 0. The predicted octanol–water partition coefficient (Wildman–Crippen LogP) is 2.02. The number of halogens is 2. The van der Waals surface area contributed by atoms with Crippen molar-refractivity contribution in [1.82, 2.24) is 15.5 Å². The molecule has 1 aliphatic heterocycles. The average Bonchev–Trinajstić information content (AvgIpc) is 2.35. The van der Waals surface area contributed by atoms with Gasteiger partial charge in [-0.25, -0.2) is 0 Å². The highest BCUT2D eigenvalue weighted by Crippen LogP contribution is 2.11. The van der Waals surface area contributed by atoms with Crippen LogP contribution in [-0.2, 0) is 4.79 Å². The SMILES string of the molecule is CC(C)CC(CNC(=O)CC1CSCCN1)N(C)C.Cl.Cl. The summed E-state index contributed by atoms with van der Waals surface area (Å²) in [6, 6.07) is 0.777. The fraction of sp³-hybridized carbons (Fsp3) is 0.929. The van der Waals surface area contributed by atoms with Gasteiger partial charge in [-0.2, -0.15) is 11.8 Å². The first-order chi connectivity index (χ1) is 8.99. The van der Waals surface area contributed by atoms with Crippen molar-refractivity contribution < 1.29 is 4.79 Å². The Labute approximate surface area is 146 Å². The summed E-state index contributed by atoms with van der Waals surface area (Å²) in [5.74, 6) is 3.04. The van der Waals surface area contributed by atoms with Crippen LogP contribution in [-0.4, -0.2) is 61.6 Å². The van der Waals surface area contributed by atoms with Gasteiger partial charge >= 0.3 is 0 Å². The lowest BCUT2D eigenvalue weighted by Gasteiger charge is -2.27. The molecule has 4 nitrogen and oxygen atoms in total. The maximum absolute atomic E-state index is 11.9. The molecule has 0 radical (unpaired) electrons. The zero-order valence-corrected chi connectivity index (χ0v) is 16.0. The third kappa shape index (κ3) is 10.6. The second kappa shape index (κ2) is 12.8. The Bertz CT molecular complexity index is 275. The van der Waals surface area contributed by atoms with Crippen molar-refractivity contribution in [1.29, 1.82) is 0 Å². The van der Waals surface area contributed by atoms with E-state index in [4.69, 9.17) is 0 Å². The molecule has 2 unspecified atom stereocenters. The number of carbonyl (C=O) groups excluding carboxylic acids is 1. The Kier molecular flexibility index (Phi) is 14.4. The van der Waals surface area contributed by atoms with Crippen LogP contribution in [0, 0.1) is 5.92 Å². The highest BCUT2D eigenvalue weighted by Gasteiger charge is 2.18. The van der Waals surface area contributed by atoms with E-state index in [0.717, 1.165) is 31.0 Å². The molecule has 21 heavy (non-hydrogen) atoms. The molecular formula is C14H31Cl2N3OS. The summed E-state index contributed by atoms with van der Waals surface area (Å²) in [4.78, 5) is 14.1. The minimum Gasteiger partial charge on any atom is -0.354 e. The summed E-state index contributed by atoms with van der Waals surface area (Å²) in [7, 11) is 4.16. The standard InChI is InChI=1S/C14H29N3OS.2ClH/c1-11(2)7-13(17(3)4)9-16-14(18)8-12-10-19-6-5-15-12;;/h11-13,15H,5-10H2,1-4H3,(H,16,18);2*1H. The lowest BCUT2D eigenvalue weighted by Crippen LogP contribution is -2.44. The molecule has 1 heterocycles. The number of nitrogens with one attached hydrogen (secondary N) is 2. The Hall–Kier alpha value is 0.320. The Morgan fingerprint density at radius 1 is 1.38 bits per heavy atom. The van der Waals surface area contributed by atoms with Crippen molar-refractivity contribution in [2.45, 2.75) is 38.8 Å². The van der Waals surface area contributed by atoms with E-state index in [1.54, 1.807) is 0 Å². The van der Waals surface area contributed by atoms with Crippen molar-refractivity contribution in [3.63, 3.8) is 0 Å². The fourth-order valence-corrected chi connectivity index (χ4v) is 3.25. The molecule has 2 N–H and O–H groups in total. The van der Waals surface area contributed by atoms with E-state index < -0.39 is 0 Å². The summed E-state index contributed by atoms with van der Waals surface area (Å²) >= 11 is 1.93. The second-order valence-corrected chi connectivity index (χ2v) is 7.13. The highest BCUT2D eigenvalue weighted by molar-refractivity contribution is 7.99. The first kappa shape index (κ1) is 23.6. The van der Waals surface area contributed by atoms with Gasteiger partial charge in [0.1, 0.15) is 0 Å². The van der Waals surface area contributed by atoms with Gasteiger partial charge in [-0.3, -0.25) is 4.79 Å².